The number of rotatable bonds is 11. The van der Waals surface area contributed by atoms with E-state index in [1.807, 2.05) is 20.8 Å². The van der Waals surface area contributed by atoms with Crippen molar-refractivity contribution in [3.63, 3.8) is 0 Å². The quantitative estimate of drug-likeness (QED) is 0.281. The molecular weight excluding hydrogens is 577 g/mol. The largest absolute Gasteiger partial charge is 0.352 e. The van der Waals surface area contributed by atoms with Crippen molar-refractivity contribution in [3.8, 4) is 0 Å². The molecule has 3 aromatic rings. The zero-order valence-corrected chi connectivity index (χ0v) is 25.7. The van der Waals surface area contributed by atoms with E-state index in [-0.39, 0.29) is 23.4 Å². The van der Waals surface area contributed by atoms with E-state index in [1.54, 1.807) is 30.3 Å². The van der Waals surface area contributed by atoms with Gasteiger partial charge in [-0.15, -0.1) is 0 Å². The number of hydrogen-bond donors (Lipinski definition) is 1. The topological polar surface area (TPSA) is 86.8 Å². The number of halogens is 2. The van der Waals surface area contributed by atoms with Crippen LogP contribution in [0.25, 0.3) is 0 Å². The monoisotopic (exact) mass is 613 g/mol. The Kier molecular flexibility index (Phi) is 10.3. The van der Waals surface area contributed by atoms with Crippen molar-refractivity contribution in [2.45, 2.75) is 76.4 Å². The predicted octanol–water partition coefficient (Wildman–Crippen LogP) is 6.16. The van der Waals surface area contributed by atoms with Gasteiger partial charge in [0, 0.05) is 17.6 Å². The van der Waals surface area contributed by atoms with Gasteiger partial charge in [-0.3, -0.25) is 13.9 Å². The molecule has 0 bridgehead atoms. The summed E-state index contributed by atoms with van der Waals surface area (Å²) in [5.41, 5.74) is 2.78. The first-order chi connectivity index (χ1) is 20.0. The zero-order chi connectivity index (χ0) is 30.4. The Morgan fingerprint density at radius 2 is 1.62 bits per heavy atom. The number of anilines is 1. The van der Waals surface area contributed by atoms with Crippen LogP contribution < -0.4 is 9.62 Å². The van der Waals surface area contributed by atoms with Gasteiger partial charge in [-0.25, -0.2) is 12.8 Å². The zero-order valence-electron chi connectivity index (χ0n) is 24.1. The normalized spacial score (nSPS) is 14.4. The van der Waals surface area contributed by atoms with Gasteiger partial charge in [-0.2, -0.15) is 0 Å². The molecule has 7 nitrogen and oxygen atoms in total. The number of amides is 2. The van der Waals surface area contributed by atoms with Crippen LogP contribution >= 0.6 is 11.6 Å². The van der Waals surface area contributed by atoms with Crippen LogP contribution in [0, 0.1) is 19.7 Å². The lowest BCUT2D eigenvalue weighted by atomic mass is 10.1. The van der Waals surface area contributed by atoms with Gasteiger partial charge in [0.1, 0.15) is 18.4 Å². The Morgan fingerprint density at radius 1 is 0.976 bits per heavy atom. The van der Waals surface area contributed by atoms with Gasteiger partial charge in [0.05, 0.1) is 10.6 Å². The molecule has 10 heteroatoms. The third kappa shape index (κ3) is 7.50. The molecule has 1 atom stereocenters. The second kappa shape index (κ2) is 13.7. The molecular formula is C32H37ClFN3O4S. The minimum Gasteiger partial charge on any atom is -0.352 e. The standard InChI is InChI=1S/C32H37ClFN3O4S/c1-4-30(32(39)35-27-7-5-6-8-27)36(20-24-10-14-26(34)15-11-24)31(38)21-37(28-16-9-22(2)23(3)19-28)42(40,41)29-17-12-25(33)13-18-29/h9-19,27,30H,4-8,20-21H2,1-3H3,(H,35,39)/t30-/m1/s1. The molecule has 0 aromatic heterocycles. The van der Waals surface area contributed by atoms with Gasteiger partial charge in [-0.1, -0.05) is 49.6 Å². The van der Waals surface area contributed by atoms with Crippen molar-refractivity contribution in [1.82, 2.24) is 10.2 Å². The first-order valence-corrected chi connectivity index (χ1v) is 16.0. The fourth-order valence-electron chi connectivity index (χ4n) is 5.22. The molecule has 1 aliphatic rings. The molecule has 1 aliphatic carbocycles. The van der Waals surface area contributed by atoms with Gasteiger partial charge >= 0.3 is 0 Å². The molecule has 224 valence electrons. The number of nitrogens with zero attached hydrogens (tertiary/aromatic N) is 2. The summed E-state index contributed by atoms with van der Waals surface area (Å²) in [5.74, 6) is -1.25. The lowest BCUT2D eigenvalue weighted by molar-refractivity contribution is -0.140. The minimum atomic E-state index is -4.20. The summed E-state index contributed by atoms with van der Waals surface area (Å²) in [5, 5.41) is 3.46. The summed E-state index contributed by atoms with van der Waals surface area (Å²) in [4.78, 5) is 29.1. The van der Waals surface area contributed by atoms with Gasteiger partial charge in [0.15, 0.2) is 0 Å². The van der Waals surface area contributed by atoms with Crippen LogP contribution in [-0.4, -0.2) is 43.8 Å². The first kappa shape index (κ1) is 31.5. The van der Waals surface area contributed by atoms with E-state index in [0.717, 1.165) is 41.1 Å². The molecule has 0 saturated heterocycles. The number of hydrogen-bond acceptors (Lipinski definition) is 4. The maximum absolute atomic E-state index is 14.2. The molecule has 0 aliphatic heterocycles. The second-order valence-corrected chi connectivity index (χ2v) is 13.1. The molecule has 3 aromatic carbocycles. The highest BCUT2D eigenvalue weighted by Crippen LogP contribution is 2.28. The summed E-state index contributed by atoms with van der Waals surface area (Å²) in [7, 11) is -4.20. The average Bonchev–Trinajstić information content (AvgIpc) is 3.47. The Labute approximate surface area is 252 Å². The molecule has 0 spiro atoms. The van der Waals surface area contributed by atoms with E-state index in [1.165, 1.54) is 41.3 Å². The maximum Gasteiger partial charge on any atom is 0.264 e. The van der Waals surface area contributed by atoms with Crippen LogP contribution in [0.4, 0.5) is 10.1 Å². The highest BCUT2D eigenvalue weighted by atomic mass is 35.5. The van der Waals surface area contributed by atoms with Crippen LogP contribution in [0.15, 0.2) is 71.6 Å². The summed E-state index contributed by atoms with van der Waals surface area (Å²) >= 11 is 6.02. The van der Waals surface area contributed by atoms with E-state index in [4.69, 9.17) is 11.6 Å². The van der Waals surface area contributed by atoms with Gasteiger partial charge in [0.25, 0.3) is 10.0 Å². The number of carbonyl (C=O) groups excluding carboxylic acids is 2. The van der Waals surface area contributed by atoms with E-state index in [0.29, 0.717) is 22.7 Å². The molecule has 2 amide bonds. The summed E-state index contributed by atoms with van der Waals surface area (Å²) in [6.07, 6.45) is 4.15. The average molecular weight is 614 g/mol. The number of aryl methyl sites for hydroxylation is 2. The molecule has 42 heavy (non-hydrogen) atoms. The van der Waals surface area contributed by atoms with Crippen molar-refractivity contribution in [1.29, 1.82) is 0 Å². The van der Waals surface area contributed by atoms with Crippen molar-refractivity contribution in [2.75, 3.05) is 10.8 Å². The minimum absolute atomic E-state index is 0.0114. The third-order valence-corrected chi connectivity index (χ3v) is 9.85. The highest BCUT2D eigenvalue weighted by molar-refractivity contribution is 7.92. The Bertz CT molecular complexity index is 1510. The number of sulfonamides is 1. The Balaban J connectivity index is 1.73. The molecule has 4 rings (SSSR count). The fourth-order valence-corrected chi connectivity index (χ4v) is 6.75. The van der Waals surface area contributed by atoms with Crippen molar-refractivity contribution >= 4 is 39.1 Å². The highest BCUT2D eigenvalue weighted by Gasteiger charge is 2.34. The van der Waals surface area contributed by atoms with Gasteiger partial charge in [0.2, 0.25) is 11.8 Å². The number of nitrogens with one attached hydrogen (secondary N) is 1. The SMILES string of the molecule is CC[C@H](C(=O)NC1CCCC1)N(Cc1ccc(F)cc1)C(=O)CN(c1ccc(C)c(C)c1)S(=O)(=O)c1ccc(Cl)cc1. The van der Waals surface area contributed by atoms with Crippen molar-refractivity contribution < 1.29 is 22.4 Å². The van der Waals surface area contributed by atoms with Crippen molar-refractivity contribution in [3.05, 3.63) is 94.3 Å². The van der Waals surface area contributed by atoms with Crippen LogP contribution in [-0.2, 0) is 26.2 Å². The smallest absolute Gasteiger partial charge is 0.264 e. The fraction of sp³-hybridized carbons (Fsp3) is 0.375. The Hall–Kier alpha value is -3.43. The lowest BCUT2D eigenvalue weighted by Gasteiger charge is -2.34. The lowest BCUT2D eigenvalue weighted by Crippen LogP contribution is -2.53. The molecule has 1 fully saturated rings. The van der Waals surface area contributed by atoms with Crippen LogP contribution in [0.3, 0.4) is 0 Å². The van der Waals surface area contributed by atoms with Gasteiger partial charge < -0.3 is 10.2 Å². The Morgan fingerprint density at radius 3 is 2.21 bits per heavy atom. The first-order valence-electron chi connectivity index (χ1n) is 14.2. The molecule has 0 unspecified atom stereocenters. The predicted molar refractivity (Wildman–Crippen MR) is 163 cm³/mol. The second-order valence-electron chi connectivity index (χ2n) is 10.8. The van der Waals surface area contributed by atoms with E-state index >= 15 is 0 Å². The van der Waals surface area contributed by atoms with Crippen LogP contribution in [0.5, 0.6) is 0 Å². The van der Waals surface area contributed by atoms with Gasteiger partial charge in [-0.05, 0) is 98.3 Å². The number of benzene rings is 3. The summed E-state index contributed by atoms with van der Waals surface area (Å²) < 4.78 is 42.7. The molecule has 1 N–H and O–H groups in total. The van der Waals surface area contributed by atoms with Crippen LogP contribution in [0.1, 0.15) is 55.7 Å². The summed E-state index contributed by atoms with van der Waals surface area (Å²) in [6.45, 7) is 5.07. The summed E-state index contributed by atoms with van der Waals surface area (Å²) in [6, 6.07) is 15.9. The molecule has 0 radical (unpaired) electrons. The maximum atomic E-state index is 14.2. The van der Waals surface area contributed by atoms with Crippen molar-refractivity contribution in [2.24, 2.45) is 0 Å². The van der Waals surface area contributed by atoms with E-state index < -0.39 is 34.3 Å². The molecule has 0 heterocycles. The third-order valence-electron chi connectivity index (χ3n) is 7.81. The number of carbonyl (C=O) groups is 2. The van der Waals surface area contributed by atoms with E-state index in [2.05, 4.69) is 5.32 Å². The van der Waals surface area contributed by atoms with E-state index in [9.17, 15) is 22.4 Å². The molecule has 1 saturated carbocycles. The van der Waals surface area contributed by atoms with Crippen LogP contribution in [0.2, 0.25) is 5.02 Å².